The third kappa shape index (κ3) is 5.77. The molecular formula is C24H30Br2N4O2. The van der Waals surface area contributed by atoms with Gasteiger partial charge in [0.15, 0.2) is 5.75 Å². The molecule has 0 saturated heterocycles. The smallest absolute Gasteiger partial charge is 0.230 e. The highest BCUT2D eigenvalue weighted by Crippen LogP contribution is 2.33. The molecule has 0 spiro atoms. The van der Waals surface area contributed by atoms with Crippen molar-refractivity contribution in [3.63, 3.8) is 0 Å². The molecule has 0 aliphatic carbocycles. The second-order valence-electron chi connectivity index (χ2n) is 7.61. The normalized spacial score (nSPS) is 11.4. The van der Waals surface area contributed by atoms with Gasteiger partial charge in [-0.05, 0) is 82.4 Å². The Hall–Kier alpha value is -1.77. The van der Waals surface area contributed by atoms with Crippen LogP contribution in [0.25, 0.3) is 5.65 Å². The van der Waals surface area contributed by atoms with Crippen LogP contribution >= 0.6 is 31.9 Å². The van der Waals surface area contributed by atoms with Gasteiger partial charge in [-0.2, -0.15) is 0 Å². The summed E-state index contributed by atoms with van der Waals surface area (Å²) in [6.07, 6.45) is 5.57. The molecule has 3 aromatic rings. The van der Waals surface area contributed by atoms with E-state index < -0.39 is 0 Å². The minimum Gasteiger partial charge on any atom is -0.490 e. The summed E-state index contributed by atoms with van der Waals surface area (Å²) in [6.45, 7) is 10.1. The van der Waals surface area contributed by atoms with E-state index in [0.29, 0.717) is 32.8 Å². The van der Waals surface area contributed by atoms with Crippen LogP contribution in [0.1, 0.15) is 61.9 Å². The number of halogens is 2. The molecule has 3 rings (SSSR count). The van der Waals surface area contributed by atoms with E-state index in [2.05, 4.69) is 62.5 Å². The average molecular weight is 566 g/mol. The Morgan fingerprint density at radius 1 is 1.12 bits per heavy atom. The van der Waals surface area contributed by atoms with Crippen molar-refractivity contribution in [3.05, 3.63) is 56.6 Å². The van der Waals surface area contributed by atoms with E-state index in [1.165, 1.54) is 0 Å². The number of fused-ring (bicyclic) bond motifs is 1. The standard InChI is InChI=1S/C24H30Br2N4O2/c1-4-7-11-18-21(30-14-9-8-12-20(30)27-18)22(31)19-16-17(25)23(24(26)28-19)32-15-10-13-29(5-2)6-3/h8-9,12,14,16H,4-7,10-11,13,15H2,1-3H3. The van der Waals surface area contributed by atoms with Crippen LogP contribution < -0.4 is 4.74 Å². The maximum absolute atomic E-state index is 13.5. The predicted octanol–water partition coefficient (Wildman–Crippen LogP) is 5.94. The lowest BCUT2D eigenvalue weighted by molar-refractivity contribution is 0.102. The zero-order chi connectivity index (χ0) is 23.1. The van der Waals surface area contributed by atoms with Gasteiger partial charge in [-0.1, -0.05) is 33.3 Å². The number of pyridine rings is 2. The largest absolute Gasteiger partial charge is 0.490 e. The van der Waals surface area contributed by atoms with Gasteiger partial charge in [-0.15, -0.1) is 0 Å². The molecule has 0 aliphatic heterocycles. The van der Waals surface area contributed by atoms with Crippen LogP contribution in [0.15, 0.2) is 39.5 Å². The van der Waals surface area contributed by atoms with E-state index >= 15 is 0 Å². The SMILES string of the molecule is CCCCc1nc2ccccn2c1C(=O)c1cc(Br)c(OCCCN(CC)CC)c(Br)n1. The minimum absolute atomic E-state index is 0.149. The van der Waals surface area contributed by atoms with Gasteiger partial charge < -0.3 is 9.64 Å². The van der Waals surface area contributed by atoms with E-state index in [-0.39, 0.29) is 5.78 Å². The zero-order valence-corrected chi connectivity index (χ0v) is 22.1. The Morgan fingerprint density at radius 3 is 2.59 bits per heavy atom. The molecule has 0 aromatic carbocycles. The van der Waals surface area contributed by atoms with Crippen LogP contribution in [0.3, 0.4) is 0 Å². The van der Waals surface area contributed by atoms with Gasteiger partial charge in [0, 0.05) is 12.7 Å². The zero-order valence-electron chi connectivity index (χ0n) is 18.9. The molecule has 0 saturated carbocycles. The molecule has 0 atom stereocenters. The fraction of sp³-hybridized carbons (Fsp3) is 0.458. The van der Waals surface area contributed by atoms with E-state index in [9.17, 15) is 4.79 Å². The highest BCUT2D eigenvalue weighted by Gasteiger charge is 2.23. The number of carbonyl (C=O) groups is 1. The van der Waals surface area contributed by atoms with Crippen molar-refractivity contribution in [3.8, 4) is 5.75 Å². The number of ketones is 1. The first-order valence-electron chi connectivity index (χ1n) is 11.2. The first-order valence-corrected chi connectivity index (χ1v) is 12.8. The van der Waals surface area contributed by atoms with Gasteiger partial charge in [0.25, 0.3) is 0 Å². The van der Waals surface area contributed by atoms with Gasteiger partial charge in [0.2, 0.25) is 5.78 Å². The van der Waals surface area contributed by atoms with Crippen molar-refractivity contribution in [1.29, 1.82) is 0 Å². The van der Waals surface area contributed by atoms with Crippen LogP contribution in [0, 0.1) is 0 Å². The first kappa shape index (κ1) is 24.9. The molecule has 172 valence electrons. The van der Waals surface area contributed by atoms with Gasteiger partial charge in [-0.3, -0.25) is 9.20 Å². The molecule has 0 aliphatic rings. The molecule has 0 amide bonds. The molecule has 0 radical (unpaired) electrons. The highest BCUT2D eigenvalue weighted by atomic mass is 79.9. The van der Waals surface area contributed by atoms with Crippen LogP contribution in [0.4, 0.5) is 0 Å². The van der Waals surface area contributed by atoms with Crippen molar-refractivity contribution in [1.82, 2.24) is 19.3 Å². The molecular weight excluding hydrogens is 536 g/mol. The summed E-state index contributed by atoms with van der Waals surface area (Å²) in [5, 5.41) is 0. The summed E-state index contributed by atoms with van der Waals surface area (Å²) in [4.78, 5) is 25.1. The number of carbonyl (C=O) groups excluding carboxylic acids is 1. The Labute approximate surface area is 206 Å². The van der Waals surface area contributed by atoms with Crippen LogP contribution in [0.5, 0.6) is 5.75 Å². The van der Waals surface area contributed by atoms with E-state index in [1.807, 2.05) is 28.8 Å². The Morgan fingerprint density at radius 2 is 1.91 bits per heavy atom. The number of unbranched alkanes of at least 4 members (excludes halogenated alkanes) is 1. The lowest BCUT2D eigenvalue weighted by atomic mass is 10.1. The van der Waals surface area contributed by atoms with Gasteiger partial charge in [-0.25, -0.2) is 9.97 Å². The van der Waals surface area contributed by atoms with E-state index in [0.717, 1.165) is 56.7 Å². The number of hydrogen-bond acceptors (Lipinski definition) is 5. The van der Waals surface area contributed by atoms with Gasteiger partial charge >= 0.3 is 0 Å². The molecule has 6 nitrogen and oxygen atoms in total. The monoisotopic (exact) mass is 564 g/mol. The molecule has 0 fully saturated rings. The first-order chi connectivity index (χ1) is 15.5. The number of rotatable bonds is 12. The van der Waals surface area contributed by atoms with Gasteiger partial charge in [0.05, 0.1) is 16.8 Å². The second kappa shape index (κ2) is 11.9. The topological polar surface area (TPSA) is 59.7 Å². The molecule has 8 heteroatoms. The number of imidazole rings is 1. The summed E-state index contributed by atoms with van der Waals surface area (Å²) in [7, 11) is 0. The number of ether oxygens (including phenoxy) is 1. The van der Waals surface area contributed by atoms with Crippen molar-refractivity contribution in [2.75, 3.05) is 26.2 Å². The number of hydrogen-bond donors (Lipinski definition) is 0. The quantitative estimate of drug-likeness (QED) is 0.154. The summed E-state index contributed by atoms with van der Waals surface area (Å²) >= 11 is 7.07. The highest BCUT2D eigenvalue weighted by molar-refractivity contribution is 9.11. The summed E-state index contributed by atoms with van der Waals surface area (Å²) in [5.74, 6) is 0.467. The third-order valence-electron chi connectivity index (χ3n) is 5.46. The minimum atomic E-state index is -0.149. The fourth-order valence-electron chi connectivity index (χ4n) is 3.64. The molecule has 0 unspecified atom stereocenters. The van der Waals surface area contributed by atoms with Crippen LogP contribution in [-0.4, -0.2) is 51.3 Å². The lowest BCUT2D eigenvalue weighted by Crippen LogP contribution is -2.25. The van der Waals surface area contributed by atoms with E-state index in [1.54, 1.807) is 6.07 Å². The number of aromatic nitrogens is 3. The second-order valence-corrected chi connectivity index (χ2v) is 9.21. The third-order valence-corrected chi connectivity index (χ3v) is 6.59. The maximum atomic E-state index is 13.5. The maximum Gasteiger partial charge on any atom is 0.230 e. The Balaban J connectivity index is 1.82. The summed E-state index contributed by atoms with van der Waals surface area (Å²) < 4.78 is 9.04. The number of aryl methyl sites for hydroxylation is 1. The summed E-state index contributed by atoms with van der Waals surface area (Å²) in [6, 6.07) is 7.49. The fourth-order valence-corrected chi connectivity index (χ4v) is 4.95. The van der Waals surface area contributed by atoms with Crippen molar-refractivity contribution in [2.24, 2.45) is 0 Å². The lowest BCUT2D eigenvalue weighted by Gasteiger charge is -2.18. The molecule has 3 aromatic heterocycles. The predicted molar refractivity (Wildman–Crippen MR) is 135 cm³/mol. The van der Waals surface area contributed by atoms with Crippen molar-refractivity contribution in [2.45, 2.75) is 46.5 Å². The number of nitrogens with zero attached hydrogens (tertiary/aromatic N) is 4. The van der Waals surface area contributed by atoms with Gasteiger partial charge in [0.1, 0.15) is 21.6 Å². The molecule has 0 N–H and O–H groups in total. The van der Waals surface area contributed by atoms with Crippen molar-refractivity contribution >= 4 is 43.3 Å². The summed E-state index contributed by atoms with van der Waals surface area (Å²) in [5.41, 5.74) is 2.51. The van der Waals surface area contributed by atoms with E-state index in [4.69, 9.17) is 9.72 Å². The molecule has 32 heavy (non-hydrogen) atoms. The molecule has 0 bridgehead atoms. The van der Waals surface area contributed by atoms with Crippen molar-refractivity contribution < 1.29 is 9.53 Å². The van der Waals surface area contributed by atoms with Crippen LogP contribution in [0.2, 0.25) is 0 Å². The Kier molecular flexibility index (Phi) is 9.25. The van der Waals surface area contributed by atoms with Crippen LogP contribution in [-0.2, 0) is 6.42 Å². The average Bonchev–Trinajstić information content (AvgIpc) is 3.16. The Bertz CT molecular complexity index is 1040. The molecule has 3 heterocycles.